The Balaban J connectivity index is 1.62. The molecule has 2 rings (SSSR count). The lowest BCUT2D eigenvalue weighted by Crippen LogP contribution is -2.39. The molecule has 1 saturated carbocycles. The topological polar surface area (TPSA) is 75.7 Å². The van der Waals surface area contributed by atoms with E-state index in [2.05, 4.69) is 5.32 Å². The number of ether oxygens (including phenoxy) is 1. The Morgan fingerprint density at radius 2 is 1.85 bits per heavy atom. The third-order valence-electron chi connectivity index (χ3n) is 4.74. The number of rotatable bonds is 8. The number of carbonyl (C=O) groups excluding carboxylic acids is 3. The summed E-state index contributed by atoms with van der Waals surface area (Å²) >= 11 is 1.22. The van der Waals surface area contributed by atoms with Crippen LogP contribution in [0.4, 0.5) is 5.69 Å². The number of amides is 2. The fourth-order valence-electron chi connectivity index (χ4n) is 3.08. The molecule has 148 valence electrons. The number of hydrogen-bond donors (Lipinski definition) is 1. The van der Waals surface area contributed by atoms with E-state index >= 15 is 0 Å². The first kappa shape index (κ1) is 21.3. The molecule has 0 bridgehead atoms. The van der Waals surface area contributed by atoms with E-state index in [0.29, 0.717) is 11.7 Å². The van der Waals surface area contributed by atoms with Crippen LogP contribution in [0.15, 0.2) is 24.3 Å². The Hall–Kier alpha value is -2.02. The monoisotopic (exact) mass is 392 g/mol. The van der Waals surface area contributed by atoms with Crippen LogP contribution in [0.1, 0.15) is 37.7 Å². The second-order valence-electron chi connectivity index (χ2n) is 6.81. The lowest BCUT2D eigenvalue weighted by atomic mass is 9.94. The predicted molar refractivity (Wildman–Crippen MR) is 108 cm³/mol. The number of hydrogen-bond acceptors (Lipinski definition) is 5. The number of nitrogens with one attached hydrogen (secondary N) is 1. The molecule has 2 amide bonds. The van der Waals surface area contributed by atoms with E-state index in [9.17, 15) is 14.4 Å². The molecule has 1 N–H and O–H groups in total. The van der Waals surface area contributed by atoms with Gasteiger partial charge in [0.2, 0.25) is 5.91 Å². The minimum atomic E-state index is -0.493. The van der Waals surface area contributed by atoms with Gasteiger partial charge in [0.15, 0.2) is 6.61 Å². The fourth-order valence-corrected chi connectivity index (χ4v) is 3.81. The van der Waals surface area contributed by atoms with Crippen LogP contribution in [-0.2, 0) is 19.1 Å². The van der Waals surface area contributed by atoms with Crippen LogP contribution >= 0.6 is 11.8 Å². The molecule has 0 saturated heterocycles. The van der Waals surface area contributed by atoms with Crippen LogP contribution in [0.25, 0.3) is 0 Å². The zero-order valence-electron chi connectivity index (χ0n) is 16.0. The van der Waals surface area contributed by atoms with E-state index in [0.717, 1.165) is 18.4 Å². The van der Waals surface area contributed by atoms with Crippen LogP contribution in [0.3, 0.4) is 0 Å². The lowest BCUT2D eigenvalue weighted by Gasteiger charge is -2.31. The van der Waals surface area contributed by atoms with Crippen molar-refractivity contribution in [3.63, 3.8) is 0 Å². The molecule has 1 aliphatic rings. The molecule has 1 aromatic carbocycles. The minimum Gasteiger partial charge on any atom is -0.455 e. The van der Waals surface area contributed by atoms with E-state index in [4.69, 9.17) is 4.74 Å². The van der Waals surface area contributed by atoms with E-state index in [1.165, 1.54) is 31.0 Å². The fraction of sp³-hybridized carbons (Fsp3) is 0.550. The summed E-state index contributed by atoms with van der Waals surface area (Å²) in [6.07, 6.45) is 5.71. The number of nitrogens with zero attached hydrogens (tertiary/aromatic N) is 1. The normalized spacial score (nSPS) is 14.4. The first-order chi connectivity index (χ1) is 13.0. The summed E-state index contributed by atoms with van der Waals surface area (Å²) in [5.74, 6) is -0.528. The second-order valence-corrected chi connectivity index (χ2v) is 7.80. The van der Waals surface area contributed by atoms with Gasteiger partial charge in [-0.3, -0.25) is 14.4 Å². The van der Waals surface area contributed by atoms with Gasteiger partial charge in [0, 0.05) is 18.8 Å². The summed E-state index contributed by atoms with van der Waals surface area (Å²) in [5, 5.41) is 2.71. The van der Waals surface area contributed by atoms with Crippen LogP contribution in [0, 0.1) is 6.92 Å². The zero-order chi connectivity index (χ0) is 19.6. The SMILES string of the molecule is Cc1ccccc1NC(=O)COC(=O)CSCC(=O)N(C)C1CCCCC1. The first-order valence-corrected chi connectivity index (χ1v) is 10.5. The third kappa shape index (κ3) is 7.25. The van der Waals surface area contributed by atoms with Crippen molar-refractivity contribution >= 4 is 35.2 Å². The number of thioether (sulfide) groups is 1. The Kier molecular flexibility index (Phi) is 8.64. The maximum atomic E-state index is 12.2. The van der Waals surface area contributed by atoms with Gasteiger partial charge in [0.25, 0.3) is 5.91 Å². The minimum absolute atomic E-state index is 0.0389. The standard InChI is InChI=1S/C20H28N2O4S/c1-15-8-6-7-11-17(15)21-18(23)12-26-20(25)14-27-13-19(24)22(2)16-9-4-3-5-10-16/h6-8,11,16H,3-5,9-10,12-14H2,1-2H3,(H,21,23). The quantitative estimate of drug-likeness (QED) is 0.689. The second kappa shape index (κ2) is 11.0. The van der Waals surface area contributed by atoms with Crippen molar-refractivity contribution in [2.24, 2.45) is 0 Å². The van der Waals surface area contributed by atoms with Crippen molar-refractivity contribution in [1.82, 2.24) is 4.90 Å². The van der Waals surface area contributed by atoms with Crippen molar-refractivity contribution in [2.45, 2.75) is 45.1 Å². The van der Waals surface area contributed by atoms with Gasteiger partial charge >= 0.3 is 5.97 Å². The molecule has 1 aromatic rings. The molecule has 0 aliphatic heterocycles. The molecular formula is C20H28N2O4S. The largest absolute Gasteiger partial charge is 0.455 e. The van der Waals surface area contributed by atoms with E-state index in [1.807, 2.05) is 37.1 Å². The van der Waals surface area contributed by atoms with Crippen LogP contribution < -0.4 is 5.32 Å². The maximum absolute atomic E-state index is 12.2. The summed E-state index contributed by atoms with van der Waals surface area (Å²) in [4.78, 5) is 37.7. The average molecular weight is 393 g/mol. The molecule has 0 spiro atoms. The average Bonchev–Trinajstić information content (AvgIpc) is 2.68. The Morgan fingerprint density at radius 3 is 2.56 bits per heavy atom. The van der Waals surface area contributed by atoms with Crippen molar-refractivity contribution in [1.29, 1.82) is 0 Å². The molecule has 0 unspecified atom stereocenters. The number of aryl methyl sites for hydroxylation is 1. The molecule has 6 nitrogen and oxygen atoms in total. The predicted octanol–water partition coefficient (Wildman–Crippen LogP) is 3.00. The Morgan fingerprint density at radius 1 is 1.15 bits per heavy atom. The van der Waals surface area contributed by atoms with Gasteiger partial charge in [-0.25, -0.2) is 0 Å². The summed E-state index contributed by atoms with van der Waals surface area (Å²) in [6, 6.07) is 7.71. The molecule has 0 atom stereocenters. The Bertz CT molecular complexity index is 659. The number of anilines is 1. The summed E-state index contributed by atoms with van der Waals surface area (Å²) in [6.45, 7) is 1.56. The van der Waals surface area contributed by atoms with Gasteiger partial charge in [0.1, 0.15) is 0 Å². The lowest BCUT2D eigenvalue weighted by molar-refractivity contribution is -0.144. The Labute approximate surface area is 165 Å². The molecule has 0 heterocycles. The van der Waals surface area contributed by atoms with Crippen LogP contribution in [0.2, 0.25) is 0 Å². The van der Waals surface area contributed by atoms with Gasteiger partial charge < -0.3 is 15.0 Å². The highest BCUT2D eigenvalue weighted by atomic mass is 32.2. The van der Waals surface area contributed by atoms with Gasteiger partial charge in [-0.15, -0.1) is 11.8 Å². The number of esters is 1. The maximum Gasteiger partial charge on any atom is 0.316 e. The smallest absolute Gasteiger partial charge is 0.316 e. The van der Waals surface area contributed by atoms with Gasteiger partial charge in [-0.2, -0.15) is 0 Å². The van der Waals surface area contributed by atoms with Gasteiger partial charge in [0.05, 0.1) is 11.5 Å². The molecule has 27 heavy (non-hydrogen) atoms. The zero-order valence-corrected chi connectivity index (χ0v) is 16.8. The van der Waals surface area contributed by atoms with Crippen molar-refractivity contribution in [3.05, 3.63) is 29.8 Å². The van der Waals surface area contributed by atoms with E-state index < -0.39 is 5.97 Å². The van der Waals surface area contributed by atoms with Crippen LogP contribution in [-0.4, -0.2) is 53.9 Å². The van der Waals surface area contributed by atoms with Crippen molar-refractivity contribution in [3.8, 4) is 0 Å². The third-order valence-corrected chi connectivity index (χ3v) is 5.64. The molecule has 7 heteroatoms. The summed E-state index contributed by atoms with van der Waals surface area (Å²) in [7, 11) is 1.84. The molecule has 1 aliphatic carbocycles. The summed E-state index contributed by atoms with van der Waals surface area (Å²) in [5.41, 5.74) is 1.64. The molecule has 0 aromatic heterocycles. The molecule has 1 fully saturated rings. The van der Waals surface area contributed by atoms with E-state index in [-0.39, 0.29) is 29.9 Å². The first-order valence-electron chi connectivity index (χ1n) is 9.32. The number of carbonyl (C=O) groups is 3. The van der Waals surface area contributed by atoms with Crippen LogP contribution in [0.5, 0.6) is 0 Å². The highest BCUT2D eigenvalue weighted by Crippen LogP contribution is 2.22. The summed E-state index contributed by atoms with van der Waals surface area (Å²) < 4.78 is 4.98. The number of para-hydroxylation sites is 1. The van der Waals surface area contributed by atoms with Crippen molar-refractivity contribution in [2.75, 3.05) is 30.5 Å². The van der Waals surface area contributed by atoms with E-state index in [1.54, 1.807) is 6.07 Å². The van der Waals surface area contributed by atoms with Gasteiger partial charge in [-0.05, 0) is 31.4 Å². The van der Waals surface area contributed by atoms with Gasteiger partial charge in [-0.1, -0.05) is 37.5 Å². The molecule has 0 radical (unpaired) electrons. The number of benzene rings is 1. The highest BCUT2D eigenvalue weighted by molar-refractivity contribution is 8.00. The highest BCUT2D eigenvalue weighted by Gasteiger charge is 2.22. The van der Waals surface area contributed by atoms with Crippen molar-refractivity contribution < 1.29 is 19.1 Å². The molecular weight excluding hydrogens is 364 g/mol.